The first-order valence-electron chi connectivity index (χ1n) is 7.93. The standard InChI is InChI=1S/C17H21N5O2/c1-12-10-16(22-6-8-24-9-7-22)21-17(18-12)20-15-5-3-4-14(11-15)19-13(2)23/h3-5,10-11H,6-9H2,1-2H3,(H,19,23)(H,18,20,21). The topological polar surface area (TPSA) is 79.4 Å². The number of nitrogens with one attached hydrogen (secondary N) is 2. The predicted molar refractivity (Wildman–Crippen MR) is 93.8 cm³/mol. The first-order chi connectivity index (χ1) is 11.6. The van der Waals surface area contributed by atoms with Crippen LogP contribution in [0.5, 0.6) is 0 Å². The number of anilines is 4. The van der Waals surface area contributed by atoms with Gasteiger partial charge in [0.1, 0.15) is 5.82 Å². The molecule has 7 nitrogen and oxygen atoms in total. The van der Waals surface area contributed by atoms with Crippen molar-refractivity contribution >= 4 is 29.0 Å². The normalized spacial score (nSPS) is 14.3. The highest BCUT2D eigenvalue weighted by molar-refractivity contribution is 5.89. The van der Waals surface area contributed by atoms with Crippen molar-refractivity contribution in [2.24, 2.45) is 0 Å². The molecule has 0 radical (unpaired) electrons. The first kappa shape index (κ1) is 16.2. The third-order valence-electron chi connectivity index (χ3n) is 3.61. The Hall–Kier alpha value is -2.67. The van der Waals surface area contributed by atoms with E-state index in [1.165, 1.54) is 6.92 Å². The van der Waals surface area contributed by atoms with E-state index in [2.05, 4.69) is 25.5 Å². The molecule has 0 saturated carbocycles. The fraction of sp³-hybridized carbons (Fsp3) is 0.353. The molecular weight excluding hydrogens is 306 g/mol. The van der Waals surface area contributed by atoms with Gasteiger partial charge in [0, 0.05) is 43.1 Å². The molecule has 0 atom stereocenters. The molecule has 1 aromatic carbocycles. The van der Waals surface area contributed by atoms with Gasteiger partial charge in [0.2, 0.25) is 11.9 Å². The summed E-state index contributed by atoms with van der Waals surface area (Å²) >= 11 is 0. The van der Waals surface area contributed by atoms with Crippen LogP contribution in [0.1, 0.15) is 12.6 Å². The highest BCUT2D eigenvalue weighted by Gasteiger charge is 2.14. The van der Waals surface area contributed by atoms with Crippen LogP contribution in [0.25, 0.3) is 0 Å². The number of nitrogens with zero attached hydrogens (tertiary/aromatic N) is 3. The molecule has 2 N–H and O–H groups in total. The van der Waals surface area contributed by atoms with Gasteiger partial charge in [-0.2, -0.15) is 4.98 Å². The number of benzene rings is 1. The highest BCUT2D eigenvalue weighted by Crippen LogP contribution is 2.21. The fourth-order valence-corrected chi connectivity index (χ4v) is 2.57. The van der Waals surface area contributed by atoms with E-state index in [9.17, 15) is 4.79 Å². The molecule has 0 spiro atoms. The van der Waals surface area contributed by atoms with E-state index in [1.54, 1.807) is 0 Å². The zero-order chi connectivity index (χ0) is 16.9. The first-order valence-corrected chi connectivity index (χ1v) is 7.93. The predicted octanol–water partition coefficient (Wildman–Crippen LogP) is 2.32. The zero-order valence-corrected chi connectivity index (χ0v) is 13.9. The maximum Gasteiger partial charge on any atom is 0.229 e. The summed E-state index contributed by atoms with van der Waals surface area (Å²) in [4.78, 5) is 22.4. The number of ether oxygens (including phenoxy) is 1. The molecule has 2 aromatic rings. The van der Waals surface area contributed by atoms with Gasteiger partial charge in [-0.15, -0.1) is 0 Å². The molecular formula is C17H21N5O2. The lowest BCUT2D eigenvalue weighted by molar-refractivity contribution is -0.114. The van der Waals surface area contributed by atoms with E-state index in [4.69, 9.17) is 4.74 Å². The quantitative estimate of drug-likeness (QED) is 0.897. The van der Waals surface area contributed by atoms with Gasteiger partial charge in [0.25, 0.3) is 0 Å². The molecule has 0 unspecified atom stereocenters. The second kappa shape index (κ2) is 7.27. The van der Waals surface area contributed by atoms with Gasteiger partial charge in [0.05, 0.1) is 13.2 Å². The summed E-state index contributed by atoms with van der Waals surface area (Å²) in [7, 11) is 0. The molecule has 1 aliphatic heterocycles. The van der Waals surface area contributed by atoms with Gasteiger partial charge in [-0.3, -0.25) is 4.79 Å². The van der Waals surface area contributed by atoms with Crippen molar-refractivity contribution < 1.29 is 9.53 Å². The molecule has 3 rings (SSSR count). The van der Waals surface area contributed by atoms with Crippen LogP contribution < -0.4 is 15.5 Å². The number of hydrogen-bond acceptors (Lipinski definition) is 6. The number of carbonyl (C=O) groups excluding carboxylic acids is 1. The van der Waals surface area contributed by atoms with Gasteiger partial charge < -0.3 is 20.3 Å². The van der Waals surface area contributed by atoms with Crippen molar-refractivity contribution in [1.82, 2.24) is 9.97 Å². The Balaban J connectivity index is 1.79. The molecule has 24 heavy (non-hydrogen) atoms. The van der Waals surface area contributed by atoms with Gasteiger partial charge >= 0.3 is 0 Å². The number of hydrogen-bond donors (Lipinski definition) is 2. The number of carbonyl (C=O) groups is 1. The van der Waals surface area contributed by atoms with Crippen LogP contribution in [0.3, 0.4) is 0 Å². The fourth-order valence-electron chi connectivity index (χ4n) is 2.57. The number of morpholine rings is 1. The Morgan fingerprint density at radius 1 is 1.17 bits per heavy atom. The largest absolute Gasteiger partial charge is 0.378 e. The van der Waals surface area contributed by atoms with E-state index in [0.29, 0.717) is 19.2 Å². The Labute approximate surface area is 141 Å². The smallest absolute Gasteiger partial charge is 0.229 e. The van der Waals surface area contributed by atoms with E-state index < -0.39 is 0 Å². The Morgan fingerprint density at radius 2 is 1.92 bits per heavy atom. The maximum absolute atomic E-state index is 11.2. The lowest BCUT2D eigenvalue weighted by Gasteiger charge is -2.28. The molecule has 1 amide bonds. The van der Waals surface area contributed by atoms with Crippen molar-refractivity contribution in [1.29, 1.82) is 0 Å². The lowest BCUT2D eigenvalue weighted by atomic mass is 10.2. The molecule has 7 heteroatoms. The molecule has 1 saturated heterocycles. The molecule has 1 aliphatic rings. The number of amides is 1. The summed E-state index contributed by atoms with van der Waals surface area (Å²) in [6, 6.07) is 9.44. The average Bonchev–Trinajstić information content (AvgIpc) is 2.55. The number of rotatable bonds is 4. The highest BCUT2D eigenvalue weighted by atomic mass is 16.5. The number of aryl methyl sites for hydroxylation is 1. The molecule has 2 heterocycles. The average molecular weight is 327 g/mol. The van der Waals surface area contributed by atoms with Crippen LogP contribution >= 0.6 is 0 Å². The SMILES string of the molecule is CC(=O)Nc1cccc(Nc2nc(C)cc(N3CCOCC3)n2)c1. The van der Waals surface area contributed by atoms with E-state index in [-0.39, 0.29) is 5.91 Å². The van der Waals surface area contributed by atoms with Crippen molar-refractivity contribution in [2.75, 3.05) is 41.8 Å². The van der Waals surface area contributed by atoms with Crippen molar-refractivity contribution in [2.45, 2.75) is 13.8 Å². The van der Waals surface area contributed by atoms with Crippen LogP contribution in [0.2, 0.25) is 0 Å². The van der Waals surface area contributed by atoms with Gasteiger partial charge in [-0.25, -0.2) is 4.98 Å². The monoisotopic (exact) mass is 327 g/mol. The van der Waals surface area contributed by atoms with Gasteiger partial charge in [0.15, 0.2) is 0 Å². The Morgan fingerprint density at radius 3 is 2.67 bits per heavy atom. The second-order valence-electron chi connectivity index (χ2n) is 5.68. The molecule has 126 valence electrons. The van der Waals surface area contributed by atoms with E-state index >= 15 is 0 Å². The summed E-state index contributed by atoms with van der Waals surface area (Å²) in [6.07, 6.45) is 0. The summed E-state index contributed by atoms with van der Waals surface area (Å²) in [6.45, 7) is 6.51. The third kappa shape index (κ3) is 4.20. The van der Waals surface area contributed by atoms with Crippen LogP contribution in [0.15, 0.2) is 30.3 Å². The third-order valence-corrected chi connectivity index (χ3v) is 3.61. The van der Waals surface area contributed by atoms with Gasteiger partial charge in [-0.1, -0.05) is 6.07 Å². The van der Waals surface area contributed by atoms with Crippen LogP contribution in [0.4, 0.5) is 23.1 Å². The van der Waals surface area contributed by atoms with Crippen LogP contribution in [0, 0.1) is 6.92 Å². The summed E-state index contributed by atoms with van der Waals surface area (Å²) in [5.74, 6) is 1.33. The molecule has 1 fully saturated rings. The molecule has 1 aromatic heterocycles. The summed E-state index contributed by atoms with van der Waals surface area (Å²) in [5.41, 5.74) is 2.44. The minimum Gasteiger partial charge on any atom is -0.378 e. The number of aromatic nitrogens is 2. The molecule has 0 bridgehead atoms. The van der Waals surface area contributed by atoms with E-state index in [0.717, 1.165) is 36.0 Å². The van der Waals surface area contributed by atoms with E-state index in [1.807, 2.05) is 37.3 Å². The minimum absolute atomic E-state index is 0.103. The summed E-state index contributed by atoms with van der Waals surface area (Å²) in [5, 5.41) is 5.97. The minimum atomic E-state index is -0.103. The van der Waals surface area contributed by atoms with Crippen molar-refractivity contribution in [3.63, 3.8) is 0 Å². The van der Waals surface area contributed by atoms with Crippen molar-refractivity contribution in [3.05, 3.63) is 36.0 Å². The molecule has 0 aliphatic carbocycles. The zero-order valence-electron chi connectivity index (χ0n) is 13.9. The second-order valence-corrected chi connectivity index (χ2v) is 5.68. The van der Waals surface area contributed by atoms with Crippen LogP contribution in [-0.4, -0.2) is 42.2 Å². The van der Waals surface area contributed by atoms with Crippen LogP contribution in [-0.2, 0) is 9.53 Å². The van der Waals surface area contributed by atoms with Crippen molar-refractivity contribution in [3.8, 4) is 0 Å². The lowest BCUT2D eigenvalue weighted by Crippen LogP contribution is -2.36. The maximum atomic E-state index is 11.2. The Bertz CT molecular complexity index is 729. The Kier molecular flexibility index (Phi) is 4.90. The van der Waals surface area contributed by atoms with Gasteiger partial charge in [-0.05, 0) is 25.1 Å². The summed E-state index contributed by atoms with van der Waals surface area (Å²) < 4.78 is 5.39.